The summed E-state index contributed by atoms with van der Waals surface area (Å²) in [5, 5.41) is 8.96. The Labute approximate surface area is 104 Å². The van der Waals surface area contributed by atoms with Crippen LogP contribution in [0.3, 0.4) is 0 Å². The van der Waals surface area contributed by atoms with Crippen LogP contribution in [0.5, 0.6) is 5.88 Å². The normalized spacial score (nSPS) is 9.72. The first kappa shape index (κ1) is 11.7. The fraction of sp³-hybridized carbons (Fsp3) is 0.0833. The third-order valence-electron chi connectivity index (χ3n) is 2.25. The van der Waals surface area contributed by atoms with Gasteiger partial charge in [-0.25, -0.2) is 0 Å². The summed E-state index contributed by atoms with van der Waals surface area (Å²) in [6.07, 6.45) is 0. The Bertz CT molecular complexity index is 591. The molecule has 0 unspecified atom stereocenters. The van der Waals surface area contributed by atoms with Crippen LogP contribution in [0.1, 0.15) is 11.1 Å². The first-order valence-electron chi connectivity index (χ1n) is 5.20. The third-order valence-corrected chi connectivity index (χ3v) is 2.25. The summed E-state index contributed by atoms with van der Waals surface area (Å²) in [5.74, 6) is 0.106. The van der Waals surface area contributed by atoms with Gasteiger partial charge in [0.2, 0.25) is 11.8 Å². The first-order chi connectivity index (χ1) is 8.70. The molecule has 0 aliphatic heterocycles. The topological polar surface area (TPSA) is 111 Å². The van der Waals surface area contributed by atoms with Crippen molar-refractivity contribution in [3.05, 3.63) is 41.5 Å². The largest absolute Gasteiger partial charge is 0.472 e. The quantitative estimate of drug-likeness (QED) is 0.832. The molecule has 0 amide bonds. The highest BCUT2D eigenvalue weighted by Crippen LogP contribution is 2.21. The van der Waals surface area contributed by atoms with Gasteiger partial charge < -0.3 is 16.2 Å². The third kappa shape index (κ3) is 2.47. The van der Waals surface area contributed by atoms with E-state index < -0.39 is 0 Å². The average molecular weight is 241 g/mol. The van der Waals surface area contributed by atoms with Gasteiger partial charge in [-0.05, 0) is 5.56 Å². The molecule has 1 aromatic heterocycles. The number of hydrogen-bond acceptors (Lipinski definition) is 6. The van der Waals surface area contributed by atoms with E-state index in [-0.39, 0.29) is 29.8 Å². The van der Waals surface area contributed by atoms with E-state index in [1.165, 1.54) is 0 Å². The Morgan fingerprint density at radius 2 is 1.89 bits per heavy atom. The van der Waals surface area contributed by atoms with Crippen LogP contribution in [0, 0.1) is 11.3 Å². The molecule has 90 valence electrons. The second kappa shape index (κ2) is 5.01. The molecule has 2 aromatic rings. The van der Waals surface area contributed by atoms with Crippen molar-refractivity contribution < 1.29 is 4.74 Å². The summed E-state index contributed by atoms with van der Waals surface area (Å²) in [6, 6.07) is 11.4. The molecule has 6 heteroatoms. The minimum Gasteiger partial charge on any atom is -0.472 e. The Balaban J connectivity index is 2.22. The van der Waals surface area contributed by atoms with Crippen LogP contribution in [0.15, 0.2) is 30.3 Å². The fourth-order valence-electron chi connectivity index (χ4n) is 1.41. The summed E-state index contributed by atoms with van der Waals surface area (Å²) in [6.45, 7) is 0.283. The zero-order valence-corrected chi connectivity index (χ0v) is 9.50. The highest BCUT2D eigenvalue weighted by Gasteiger charge is 2.12. The van der Waals surface area contributed by atoms with Crippen molar-refractivity contribution in [1.29, 1.82) is 5.26 Å². The van der Waals surface area contributed by atoms with Gasteiger partial charge in [0.1, 0.15) is 12.7 Å². The van der Waals surface area contributed by atoms with Crippen LogP contribution in [-0.2, 0) is 6.61 Å². The van der Waals surface area contributed by atoms with Crippen LogP contribution >= 0.6 is 0 Å². The van der Waals surface area contributed by atoms with E-state index in [1.54, 1.807) is 0 Å². The molecule has 1 heterocycles. The number of rotatable bonds is 3. The van der Waals surface area contributed by atoms with E-state index in [9.17, 15) is 0 Å². The van der Waals surface area contributed by atoms with Gasteiger partial charge >= 0.3 is 0 Å². The predicted molar refractivity (Wildman–Crippen MR) is 66.3 cm³/mol. The molecule has 18 heavy (non-hydrogen) atoms. The lowest BCUT2D eigenvalue weighted by Gasteiger charge is -2.08. The second-order valence-corrected chi connectivity index (χ2v) is 3.53. The molecule has 0 bridgehead atoms. The van der Waals surface area contributed by atoms with E-state index in [0.717, 1.165) is 5.56 Å². The van der Waals surface area contributed by atoms with Crippen LogP contribution in [0.25, 0.3) is 0 Å². The Hall–Kier alpha value is -2.81. The van der Waals surface area contributed by atoms with E-state index in [1.807, 2.05) is 36.4 Å². The highest BCUT2D eigenvalue weighted by atomic mass is 16.5. The molecule has 0 saturated carbocycles. The molecule has 0 aliphatic carbocycles. The molecular formula is C12H11N5O. The number of benzene rings is 1. The number of nitriles is 1. The van der Waals surface area contributed by atoms with Crippen molar-refractivity contribution in [2.45, 2.75) is 6.61 Å². The molecule has 0 aliphatic rings. The van der Waals surface area contributed by atoms with E-state index >= 15 is 0 Å². The fourth-order valence-corrected chi connectivity index (χ4v) is 1.41. The van der Waals surface area contributed by atoms with Crippen LogP contribution in [0.2, 0.25) is 0 Å². The number of aromatic nitrogens is 2. The lowest BCUT2D eigenvalue weighted by atomic mass is 10.2. The summed E-state index contributed by atoms with van der Waals surface area (Å²) >= 11 is 0. The number of ether oxygens (including phenoxy) is 1. The number of nitrogens with two attached hydrogens (primary N) is 2. The summed E-state index contributed by atoms with van der Waals surface area (Å²) < 4.78 is 5.44. The molecule has 1 aromatic carbocycles. The number of anilines is 2. The monoisotopic (exact) mass is 241 g/mol. The van der Waals surface area contributed by atoms with Gasteiger partial charge in [-0.15, -0.1) is 0 Å². The van der Waals surface area contributed by atoms with Crippen molar-refractivity contribution in [2.24, 2.45) is 0 Å². The molecule has 0 spiro atoms. The Morgan fingerprint density at radius 1 is 1.17 bits per heavy atom. The molecule has 0 fully saturated rings. The van der Waals surface area contributed by atoms with Gasteiger partial charge in [-0.3, -0.25) is 0 Å². The van der Waals surface area contributed by atoms with Crippen molar-refractivity contribution in [3.8, 4) is 11.9 Å². The van der Waals surface area contributed by atoms with Gasteiger partial charge in [0.15, 0.2) is 11.4 Å². The number of nitrogens with zero attached hydrogens (tertiary/aromatic N) is 3. The van der Waals surface area contributed by atoms with Crippen molar-refractivity contribution >= 4 is 11.8 Å². The average Bonchev–Trinajstić information content (AvgIpc) is 2.37. The van der Waals surface area contributed by atoms with Crippen molar-refractivity contribution in [1.82, 2.24) is 9.97 Å². The smallest absolute Gasteiger partial charge is 0.239 e. The maximum atomic E-state index is 8.96. The van der Waals surface area contributed by atoms with Gasteiger partial charge in [-0.1, -0.05) is 30.3 Å². The van der Waals surface area contributed by atoms with Crippen LogP contribution in [-0.4, -0.2) is 9.97 Å². The van der Waals surface area contributed by atoms with Gasteiger partial charge in [0, 0.05) is 0 Å². The number of nitrogen functional groups attached to an aromatic ring is 2. The summed E-state index contributed by atoms with van der Waals surface area (Å²) in [4.78, 5) is 7.56. The zero-order valence-electron chi connectivity index (χ0n) is 9.50. The van der Waals surface area contributed by atoms with Crippen LogP contribution < -0.4 is 16.2 Å². The molecule has 6 nitrogen and oxygen atoms in total. The molecule has 0 atom stereocenters. The van der Waals surface area contributed by atoms with E-state index in [4.69, 9.17) is 21.5 Å². The van der Waals surface area contributed by atoms with Crippen molar-refractivity contribution in [3.63, 3.8) is 0 Å². The molecular weight excluding hydrogens is 230 g/mol. The highest BCUT2D eigenvalue weighted by molar-refractivity contribution is 5.56. The molecule has 2 rings (SSSR count). The maximum Gasteiger partial charge on any atom is 0.239 e. The predicted octanol–water partition coefficient (Wildman–Crippen LogP) is 1.09. The van der Waals surface area contributed by atoms with E-state index in [0.29, 0.717) is 0 Å². The minimum absolute atomic E-state index is 0.0189. The SMILES string of the molecule is N#Cc1c(N)nc(N)nc1OCc1ccccc1. The van der Waals surface area contributed by atoms with Gasteiger partial charge in [0.25, 0.3) is 0 Å². The Kier molecular flexibility index (Phi) is 3.25. The van der Waals surface area contributed by atoms with Crippen LogP contribution in [0.4, 0.5) is 11.8 Å². The summed E-state index contributed by atoms with van der Waals surface area (Å²) in [7, 11) is 0. The maximum absolute atomic E-state index is 8.96. The first-order valence-corrected chi connectivity index (χ1v) is 5.20. The van der Waals surface area contributed by atoms with Gasteiger partial charge in [-0.2, -0.15) is 15.2 Å². The number of hydrogen-bond donors (Lipinski definition) is 2. The lowest BCUT2D eigenvalue weighted by molar-refractivity contribution is 0.293. The lowest BCUT2D eigenvalue weighted by Crippen LogP contribution is -2.07. The molecule has 0 radical (unpaired) electrons. The molecule has 0 saturated heterocycles. The van der Waals surface area contributed by atoms with Gasteiger partial charge in [0.05, 0.1) is 0 Å². The zero-order chi connectivity index (χ0) is 13.0. The Morgan fingerprint density at radius 3 is 2.56 bits per heavy atom. The summed E-state index contributed by atoms with van der Waals surface area (Å²) in [5.41, 5.74) is 12.1. The van der Waals surface area contributed by atoms with Crippen molar-refractivity contribution in [2.75, 3.05) is 11.5 Å². The second-order valence-electron chi connectivity index (χ2n) is 3.53. The standard InChI is InChI=1S/C12H11N5O/c13-6-9-10(14)16-12(15)17-11(9)18-7-8-4-2-1-3-5-8/h1-5H,7H2,(H4,14,15,16,17). The van der Waals surface area contributed by atoms with E-state index in [2.05, 4.69) is 9.97 Å². The minimum atomic E-state index is -0.0189. The molecule has 4 N–H and O–H groups in total.